The summed E-state index contributed by atoms with van der Waals surface area (Å²) in [5, 5.41) is 0. The molecule has 3 rings (SSSR count). The van der Waals surface area contributed by atoms with Crippen molar-refractivity contribution in [3.63, 3.8) is 0 Å². The standard InChI is InChI=1S/C22H21F5O/c1-2-3-4-5-14-10-19(23)21(20(24)11-14)17-7-6-16-13-18(28-22(25,26)27)9-8-15(16)12-17/h7-11,13H,2-6,12H2,1H3. The minimum Gasteiger partial charge on any atom is -0.406 e. The molecule has 150 valence electrons. The number of alkyl halides is 3. The van der Waals surface area contributed by atoms with E-state index >= 15 is 0 Å². The average Bonchev–Trinajstić information content (AvgIpc) is 2.60. The van der Waals surface area contributed by atoms with E-state index in [-0.39, 0.29) is 24.2 Å². The summed E-state index contributed by atoms with van der Waals surface area (Å²) in [4.78, 5) is 0. The molecule has 0 heterocycles. The van der Waals surface area contributed by atoms with E-state index in [0.29, 0.717) is 23.1 Å². The second kappa shape index (κ2) is 8.33. The second-order valence-electron chi connectivity index (χ2n) is 6.98. The summed E-state index contributed by atoms with van der Waals surface area (Å²) in [7, 11) is 0. The lowest BCUT2D eigenvalue weighted by Crippen LogP contribution is -2.17. The van der Waals surface area contributed by atoms with Crippen molar-refractivity contribution < 1.29 is 26.7 Å². The van der Waals surface area contributed by atoms with Gasteiger partial charge in [-0.3, -0.25) is 0 Å². The number of hydrogen-bond acceptors (Lipinski definition) is 1. The smallest absolute Gasteiger partial charge is 0.406 e. The molecule has 2 aromatic carbocycles. The molecule has 0 saturated heterocycles. The van der Waals surface area contributed by atoms with Crippen LogP contribution in [0.15, 0.2) is 36.4 Å². The third-order valence-corrected chi connectivity index (χ3v) is 4.85. The number of allylic oxidation sites excluding steroid dienone is 2. The fraction of sp³-hybridized carbons (Fsp3) is 0.364. The molecule has 2 aromatic rings. The van der Waals surface area contributed by atoms with Gasteiger partial charge in [-0.05, 0) is 72.2 Å². The minimum absolute atomic E-state index is 0.0551. The summed E-state index contributed by atoms with van der Waals surface area (Å²) in [6.45, 7) is 2.07. The molecule has 0 aliphatic heterocycles. The summed E-state index contributed by atoms with van der Waals surface area (Å²) in [5.41, 5.74) is 2.48. The summed E-state index contributed by atoms with van der Waals surface area (Å²) in [6.07, 6.45) is 1.01. The number of aryl methyl sites for hydroxylation is 1. The van der Waals surface area contributed by atoms with Crippen molar-refractivity contribution >= 4 is 5.57 Å². The molecule has 28 heavy (non-hydrogen) atoms. The van der Waals surface area contributed by atoms with E-state index in [1.54, 1.807) is 6.08 Å². The first-order chi connectivity index (χ1) is 13.3. The molecule has 0 radical (unpaired) electrons. The molecule has 0 N–H and O–H groups in total. The van der Waals surface area contributed by atoms with Crippen LogP contribution in [0, 0.1) is 11.6 Å². The van der Waals surface area contributed by atoms with E-state index in [1.165, 1.54) is 30.3 Å². The van der Waals surface area contributed by atoms with Gasteiger partial charge in [0.25, 0.3) is 0 Å². The first-order valence-corrected chi connectivity index (χ1v) is 9.31. The molecule has 1 nitrogen and oxygen atoms in total. The number of rotatable bonds is 6. The third kappa shape index (κ3) is 4.91. The number of ether oxygens (including phenoxy) is 1. The van der Waals surface area contributed by atoms with Crippen molar-refractivity contribution in [2.24, 2.45) is 0 Å². The van der Waals surface area contributed by atoms with Gasteiger partial charge in [-0.15, -0.1) is 13.2 Å². The fourth-order valence-corrected chi connectivity index (χ4v) is 3.52. The molecule has 0 fully saturated rings. The largest absolute Gasteiger partial charge is 0.573 e. The Labute approximate surface area is 160 Å². The van der Waals surface area contributed by atoms with Crippen molar-refractivity contribution in [3.05, 3.63) is 70.3 Å². The molecule has 1 aliphatic rings. The van der Waals surface area contributed by atoms with Crippen LogP contribution in [0.5, 0.6) is 5.75 Å². The molecule has 0 bridgehead atoms. The van der Waals surface area contributed by atoms with Crippen LogP contribution in [-0.4, -0.2) is 6.36 Å². The van der Waals surface area contributed by atoms with Gasteiger partial charge in [0.2, 0.25) is 0 Å². The normalized spacial score (nSPS) is 13.9. The Morgan fingerprint density at radius 3 is 2.32 bits per heavy atom. The minimum atomic E-state index is -4.75. The molecule has 0 amide bonds. The molecule has 0 unspecified atom stereocenters. The van der Waals surface area contributed by atoms with Crippen LogP contribution >= 0.6 is 0 Å². The summed E-state index contributed by atoms with van der Waals surface area (Å²) < 4.78 is 70.2. The Morgan fingerprint density at radius 2 is 1.68 bits per heavy atom. The number of hydrogen-bond donors (Lipinski definition) is 0. The van der Waals surface area contributed by atoms with E-state index < -0.39 is 18.0 Å². The topological polar surface area (TPSA) is 9.23 Å². The van der Waals surface area contributed by atoms with Crippen LogP contribution in [0.4, 0.5) is 22.0 Å². The van der Waals surface area contributed by atoms with Crippen LogP contribution in [0.1, 0.15) is 48.4 Å². The Kier molecular flexibility index (Phi) is 6.06. The highest BCUT2D eigenvalue weighted by atomic mass is 19.4. The molecule has 0 saturated carbocycles. The van der Waals surface area contributed by atoms with E-state index in [0.717, 1.165) is 24.8 Å². The van der Waals surface area contributed by atoms with Crippen molar-refractivity contribution in [1.82, 2.24) is 0 Å². The van der Waals surface area contributed by atoms with Gasteiger partial charge in [0.1, 0.15) is 17.4 Å². The van der Waals surface area contributed by atoms with Crippen molar-refractivity contribution in [2.45, 2.75) is 51.8 Å². The predicted octanol–water partition coefficient (Wildman–Crippen LogP) is 6.78. The number of benzene rings is 2. The fourth-order valence-electron chi connectivity index (χ4n) is 3.52. The first kappa shape index (κ1) is 20.4. The highest BCUT2D eigenvalue weighted by molar-refractivity contribution is 5.71. The summed E-state index contributed by atoms with van der Waals surface area (Å²) >= 11 is 0. The van der Waals surface area contributed by atoms with E-state index in [4.69, 9.17) is 0 Å². The zero-order valence-corrected chi connectivity index (χ0v) is 15.5. The third-order valence-electron chi connectivity index (χ3n) is 4.85. The quantitative estimate of drug-likeness (QED) is 0.386. The molecule has 0 atom stereocenters. The van der Waals surface area contributed by atoms with E-state index in [1.807, 2.05) is 0 Å². The van der Waals surface area contributed by atoms with Crippen LogP contribution in [0.25, 0.3) is 5.57 Å². The maximum Gasteiger partial charge on any atom is 0.573 e. The molecule has 6 heteroatoms. The van der Waals surface area contributed by atoms with Gasteiger partial charge < -0.3 is 4.74 Å². The Morgan fingerprint density at radius 1 is 0.964 bits per heavy atom. The highest BCUT2D eigenvalue weighted by Gasteiger charge is 2.31. The second-order valence-corrected chi connectivity index (χ2v) is 6.98. The van der Waals surface area contributed by atoms with Crippen LogP contribution in [0.3, 0.4) is 0 Å². The van der Waals surface area contributed by atoms with Gasteiger partial charge in [-0.25, -0.2) is 8.78 Å². The Balaban J connectivity index is 1.80. The lowest BCUT2D eigenvalue weighted by atomic mass is 9.87. The average molecular weight is 396 g/mol. The van der Waals surface area contributed by atoms with Crippen LogP contribution in [0.2, 0.25) is 0 Å². The van der Waals surface area contributed by atoms with Crippen LogP contribution < -0.4 is 4.74 Å². The van der Waals surface area contributed by atoms with E-state index in [2.05, 4.69) is 11.7 Å². The van der Waals surface area contributed by atoms with Gasteiger partial charge in [-0.1, -0.05) is 31.9 Å². The van der Waals surface area contributed by atoms with Gasteiger partial charge in [0.05, 0.1) is 0 Å². The number of fused-ring (bicyclic) bond motifs is 1. The first-order valence-electron chi connectivity index (χ1n) is 9.31. The number of unbranched alkanes of at least 4 members (excludes halogenated alkanes) is 2. The van der Waals surface area contributed by atoms with Crippen LogP contribution in [-0.2, 0) is 19.3 Å². The van der Waals surface area contributed by atoms with Crippen molar-refractivity contribution in [3.8, 4) is 5.75 Å². The lowest BCUT2D eigenvalue weighted by Gasteiger charge is -2.20. The summed E-state index contributed by atoms with van der Waals surface area (Å²) in [6, 6.07) is 6.81. The van der Waals surface area contributed by atoms with Crippen molar-refractivity contribution in [2.75, 3.05) is 0 Å². The van der Waals surface area contributed by atoms with Crippen molar-refractivity contribution in [1.29, 1.82) is 0 Å². The number of halogens is 5. The molecular weight excluding hydrogens is 375 g/mol. The van der Waals surface area contributed by atoms with E-state index in [9.17, 15) is 22.0 Å². The van der Waals surface area contributed by atoms with Gasteiger partial charge in [0.15, 0.2) is 0 Å². The zero-order valence-electron chi connectivity index (χ0n) is 15.5. The molecular formula is C22H21F5O. The Hall–Kier alpha value is -2.37. The highest BCUT2D eigenvalue weighted by Crippen LogP contribution is 2.34. The molecule has 0 spiro atoms. The maximum atomic E-state index is 14.6. The van der Waals surface area contributed by atoms with Gasteiger partial charge >= 0.3 is 6.36 Å². The monoisotopic (exact) mass is 396 g/mol. The maximum absolute atomic E-state index is 14.6. The lowest BCUT2D eigenvalue weighted by molar-refractivity contribution is -0.274. The molecule has 1 aliphatic carbocycles. The SMILES string of the molecule is CCCCCc1cc(F)c(C2=CCc3cc(OC(F)(F)F)ccc3C2)c(F)c1. The molecule has 0 aromatic heterocycles. The summed E-state index contributed by atoms with van der Waals surface area (Å²) in [5.74, 6) is -1.49. The zero-order chi connectivity index (χ0) is 20.3. The predicted molar refractivity (Wildman–Crippen MR) is 98.1 cm³/mol. The van der Waals surface area contributed by atoms with Gasteiger partial charge in [0, 0.05) is 5.56 Å². The van der Waals surface area contributed by atoms with Gasteiger partial charge in [-0.2, -0.15) is 0 Å². The Bertz CT molecular complexity index is 860.